The minimum atomic E-state index is -1.18. The van der Waals surface area contributed by atoms with Gasteiger partial charge in [-0.2, -0.15) is 0 Å². The maximum Gasteiger partial charge on any atom is 0.352 e. The molecular weight excluding hydrogens is 256 g/mol. The zero-order valence-corrected chi connectivity index (χ0v) is 11.2. The average molecular weight is 270 g/mol. The number of nitrogens with zero attached hydrogens (tertiary/aromatic N) is 1. The number of rotatable bonds is 3. The Morgan fingerprint density at radius 3 is 2.65 bits per heavy atom. The number of nitrogens with one attached hydrogen (secondary N) is 1. The largest absolute Gasteiger partial charge is 0.477 e. The van der Waals surface area contributed by atoms with Crippen LogP contribution in [-0.2, 0) is 9.59 Å². The topological polar surface area (TPSA) is 79.3 Å². The van der Waals surface area contributed by atoms with Crippen molar-refractivity contribution in [1.82, 2.24) is 10.3 Å². The second-order valence-corrected chi connectivity index (χ2v) is 4.45. The van der Waals surface area contributed by atoms with Gasteiger partial charge >= 0.3 is 5.97 Å². The van der Waals surface area contributed by atoms with Crippen LogP contribution >= 0.6 is 0 Å². The van der Waals surface area contributed by atoms with Crippen molar-refractivity contribution in [2.45, 2.75) is 13.8 Å². The van der Waals surface area contributed by atoms with Gasteiger partial charge in [0.1, 0.15) is 5.70 Å². The molecule has 0 saturated heterocycles. The van der Waals surface area contributed by atoms with Gasteiger partial charge in [-0.15, -0.1) is 0 Å². The zero-order chi connectivity index (χ0) is 14.7. The van der Waals surface area contributed by atoms with E-state index in [0.29, 0.717) is 5.56 Å². The molecule has 2 aromatic rings. The Labute approximate surface area is 115 Å². The van der Waals surface area contributed by atoms with E-state index >= 15 is 0 Å². The van der Waals surface area contributed by atoms with Crippen LogP contribution in [0.25, 0.3) is 17.0 Å². The van der Waals surface area contributed by atoms with E-state index in [1.54, 1.807) is 6.07 Å². The van der Waals surface area contributed by atoms with E-state index in [1.807, 2.05) is 31.2 Å². The Hall–Kier alpha value is -2.69. The van der Waals surface area contributed by atoms with Crippen LogP contribution in [0.15, 0.2) is 36.0 Å². The molecule has 1 amide bonds. The lowest BCUT2D eigenvalue weighted by atomic mass is 10.1. The van der Waals surface area contributed by atoms with Crippen molar-refractivity contribution >= 4 is 28.9 Å². The normalized spacial score (nSPS) is 11.4. The Morgan fingerprint density at radius 1 is 1.25 bits per heavy atom. The van der Waals surface area contributed by atoms with Crippen molar-refractivity contribution in [2.75, 3.05) is 0 Å². The average Bonchev–Trinajstić information content (AvgIpc) is 2.37. The standard InChI is InChI=1S/C15H14N2O3/c1-9-3-5-12-7-11(4-6-13(12)16-9)8-14(15(19)20)17-10(2)18/h3-8H,1-2H3,(H,17,18)(H,19,20)/b14-8+. The van der Waals surface area contributed by atoms with Gasteiger partial charge in [0, 0.05) is 18.0 Å². The molecule has 102 valence electrons. The molecule has 1 aromatic carbocycles. The minimum Gasteiger partial charge on any atom is -0.477 e. The number of carboxylic acid groups (broad SMARTS) is 1. The summed E-state index contributed by atoms with van der Waals surface area (Å²) in [5.41, 5.74) is 2.30. The molecule has 1 heterocycles. The van der Waals surface area contributed by atoms with Gasteiger partial charge in [0.25, 0.3) is 0 Å². The van der Waals surface area contributed by atoms with Crippen LogP contribution in [-0.4, -0.2) is 22.0 Å². The third kappa shape index (κ3) is 3.20. The van der Waals surface area contributed by atoms with E-state index < -0.39 is 11.9 Å². The predicted molar refractivity (Wildman–Crippen MR) is 75.9 cm³/mol. The van der Waals surface area contributed by atoms with E-state index in [1.165, 1.54) is 13.0 Å². The lowest BCUT2D eigenvalue weighted by molar-refractivity contribution is -0.134. The summed E-state index contributed by atoms with van der Waals surface area (Å²) in [4.78, 5) is 26.4. The van der Waals surface area contributed by atoms with Gasteiger partial charge in [-0.3, -0.25) is 9.78 Å². The summed E-state index contributed by atoms with van der Waals surface area (Å²) in [7, 11) is 0. The first-order valence-electron chi connectivity index (χ1n) is 6.06. The number of aryl methyl sites for hydroxylation is 1. The van der Waals surface area contributed by atoms with Crippen molar-refractivity contribution in [3.05, 3.63) is 47.3 Å². The molecule has 2 rings (SSSR count). The highest BCUT2D eigenvalue weighted by Gasteiger charge is 2.09. The molecule has 0 atom stereocenters. The molecule has 0 unspecified atom stereocenters. The second kappa shape index (κ2) is 5.52. The molecule has 0 spiro atoms. The first kappa shape index (κ1) is 13.7. The summed E-state index contributed by atoms with van der Waals surface area (Å²) in [6, 6.07) is 9.23. The molecule has 2 N–H and O–H groups in total. The summed E-state index contributed by atoms with van der Waals surface area (Å²) in [5, 5.41) is 12.2. The van der Waals surface area contributed by atoms with Gasteiger partial charge < -0.3 is 10.4 Å². The molecule has 5 nitrogen and oxygen atoms in total. The van der Waals surface area contributed by atoms with Gasteiger partial charge in [0.05, 0.1) is 5.52 Å². The lowest BCUT2D eigenvalue weighted by Crippen LogP contribution is -2.24. The molecule has 0 fully saturated rings. The summed E-state index contributed by atoms with van der Waals surface area (Å²) in [6.07, 6.45) is 1.42. The van der Waals surface area contributed by atoms with E-state index in [0.717, 1.165) is 16.6 Å². The Kier molecular flexibility index (Phi) is 3.79. The van der Waals surface area contributed by atoms with Gasteiger partial charge in [0.2, 0.25) is 5.91 Å². The number of hydrogen-bond donors (Lipinski definition) is 2. The number of aromatic nitrogens is 1. The molecule has 0 aliphatic heterocycles. The van der Waals surface area contributed by atoms with Crippen LogP contribution in [0.4, 0.5) is 0 Å². The number of aliphatic carboxylic acids is 1. The molecule has 20 heavy (non-hydrogen) atoms. The summed E-state index contributed by atoms with van der Waals surface area (Å²) >= 11 is 0. The van der Waals surface area contributed by atoms with E-state index in [-0.39, 0.29) is 5.70 Å². The quantitative estimate of drug-likeness (QED) is 0.837. The number of carbonyl (C=O) groups is 2. The van der Waals surface area contributed by atoms with Crippen molar-refractivity contribution in [3.8, 4) is 0 Å². The van der Waals surface area contributed by atoms with Gasteiger partial charge in [-0.1, -0.05) is 12.1 Å². The highest BCUT2D eigenvalue weighted by Crippen LogP contribution is 2.16. The van der Waals surface area contributed by atoms with Crippen LogP contribution in [0.1, 0.15) is 18.2 Å². The maximum atomic E-state index is 11.1. The van der Waals surface area contributed by atoms with E-state index in [4.69, 9.17) is 5.11 Å². The second-order valence-electron chi connectivity index (χ2n) is 4.45. The first-order valence-corrected chi connectivity index (χ1v) is 6.06. The molecule has 5 heteroatoms. The molecular formula is C15H14N2O3. The first-order chi connectivity index (χ1) is 9.45. The van der Waals surface area contributed by atoms with Gasteiger partial charge in [-0.05, 0) is 36.8 Å². The molecule has 0 saturated carbocycles. The van der Waals surface area contributed by atoms with Crippen LogP contribution in [0.3, 0.4) is 0 Å². The van der Waals surface area contributed by atoms with Crippen molar-refractivity contribution in [2.24, 2.45) is 0 Å². The van der Waals surface area contributed by atoms with Gasteiger partial charge in [-0.25, -0.2) is 4.79 Å². The third-order valence-corrected chi connectivity index (χ3v) is 2.70. The molecule has 0 aliphatic carbocycles. The van der Waals surface area contributed by atoms with Crippen molar-refractivity contribution < 1.29 is 14.7 Å². The summed E-state index contributed by atoms with van der Waals surface area (Å²) in [6.45, 7) is 3.18. The summed E-state index contributed by atoms with van der Waals surface area (Å²) < 4.78 is 0. The number of benzene rings is 1. The molecule has 0 bridgehead atoms. The Balaban J connectivity index is 2.43. The van der Waals surface area contributed by atoms with Crippen LogP contribution in [0, 0.1) is 6.92 Å². The smallest absolute Gasteiger partial charge is 0.352 e. The van der Waals surface area contributed by atoms with Crippen LogP contribution in [0.2, 0.25) is 0 Å². The Bertz CT molecular complexity index is 720. The highest BCUT2D eigenvalue weighted by molar-refractivity contribution is 5.97. The Morgan fingerprint density at radius 2 is 2.00 bits per heavy atom. The van der Waals surface area contributed by atoms with Crippen molar-refractivity contribution in [3.63, 3.8) is 0 Å². The third-order valence-electron chi connectivity index (χ3n) is 2.70. The maximum absolute atomic E-state index is 11.1. The molecule has 0 radical (unpaired) electrons. The fourth-order valence-corrected chi connectivity index (χ4v) is 1.84. The van der Waals surface area contributed by atoms with E-state index in [2.05, 4.69) is 10.3 Å². The molecule has 0 aliphatic rings. The fraction of sp³-hybridized carbons (Fsp3) is 0.133. The minimum absolute atomic E-state index is 0.156. The zero-order valence-electron chi connectivity index (χ0n) is 11.2. The van der Waals surface area contributed by atoms with Crippen molar-refractivity contribution in [1.29, 1.82) is 0 Å². The lowest BCUT2D eigenvalue weighted by Gasteiger charge is -2.04. The fourth-order valence-electron chi connectivity index (χ4n) is 1.84. The molecule has 1 aromatic heterocycles. The number of hydrogen-bond acceptors (Lipinski definition) is 3. The van der Waals surface area contributed by atoms with Crippen LogP contribution in [0.5, 0.6) is 0 Å². The number of pyridine rings is 1. The SMILES string of the molecule is CC(=O)N/C(=C/c1ccc2nc(C)ccc2c1)C(=O)O. The predicted octanol–water partition coefficient (Wildman–Crippen LogP) is 2.10. The summed E-state index contributed by atoms with van der Waals surface area (Å²) in [5.74, 6) is -1.60. The van der Waals surface area contributed by atoms with Crippen LogP contribution < -0.4 is 5.32 Å². The monoisotopic (exact) mass is 270 g/mol. The number of carbonyl (C=O) groups excluding carboxylic acids is 1. The number of fused-ring (bicyclic) bond motifs is 1. The van der Waals surface area contributed by atoms with Gasteiger partial charge in [0.15, 0.2) is 0 Å². The highest BCUT2D eigenvalue weighted by atomic mass is 16.4. The number of amides is 1. The number of carboxylic acids is 1. The van der Waals surface area contributed by atoms with E-state index in [9.17, 15) is 9.59 Å².